The molecule has 2 rings (SSSR count). The van der Waals surface area contributed by atoms with Crippen molar-refractivity contribution in [3.63, 3.8) is 0 Å². The minimum absolute atomic E-state index is 0.134. The number of anilines is 1. The zero-order valence-corrected chi connectivity index (χ0v) is 12.3. The number of imidazole rings is 1. The van der Waals surface area contributed by atoms with Crippen molar-refractivity contribution in [1.82, 2.24) is 9.55 Å². The van der Waals surface area contributed by atoms with Gasteiger partial charge in [-0.1, -0.05) is 27.7 Å². The molecule has 2 N–H and O–H groups in total. The number of benzene rings is 1. The van der Waals surface area contributed by atoms with E-state index in [1.165, 1.54) is 6.07 Å². The van der Waals surface area contributed by atoms with E-state index in [-0.39, 0.29) is 11.5 Å². The highest BCUT2D eigenvalue weighted by Crippen LogP contribution is 2.28. The van der Waals surface area contributed by atoms with Gasteiger partial charge in [0.1, 0.15) is 11.3 Å². The van der Waals surface area contributed by atoms with Crippen molar-refractivity contribution < 1.29 is 8.78 Å². The molecule has 1 heterocycles. The van der Waals surface area contributed by atoms with Gasteiger partial charge in [0.15, 0.2) is 5.82 Å². The average molecular weight is 281 g/mol. The fourth-order valence-corrected chi connectivity index (χ4v) is 2.76. The summed E-state index contributed by atoms with van der Waals surface area (Å²) in [5.41, 5.74) is 6.44. The highest BCUT2D eigenvalue weighted by molar-refractivity contribution is 5.79. The second-order valence-electron chi connectivity index (χ2n) is 5.99. The molecule has 5 heteroatoms. The lowest BCUT2D eigenvalue weighted by Gasteiger charge is -2.25. The quantitative estimate of drug-likeness (QED) is 0.925. The molecular formula is C15H21F2N3. The number of hydrogen-bond donors (Lipinski definition) is 1. The van der Waals surface area contributed by atoms with Crippen molar-refractivity contribution in [2.75, 3.05) is 5.73 Å². The summed E-state index contributed by atoms with van der Waals surface area (Å²) in [6.07, 6.45) is 0. The zero-order valence-electron chi connectivity index (χ0n) is 12.3. The molecule has 0 amide bonds. The second kappa shape index (κ2) is 5.38. The van der Waals surface area contributed by atoms with Gasteiger partial charge in [0.2, 0.25) is 5.95 Å². The van der Waals surface area contributed by atoms with Crippen LogP contribution >= 0.6 is 0 Å². The van der Waals surface area contributed by atoms with Gasteiger partial charge in [-0.15, -0.1) is 0 Å². The van der Waals surface area contributed by atoms with E-state index in [1.54, 1.807) is 4.57 Å². The Balaban J connectivity index is 2.51. The van der Waals surface area contributed by atoms with Crippen LogP contribution in [0.4, 0.5) is 14.7 Å². The lowest BCUT2D eigenvalue weighted by Crippen LogP contribution is -2.22. The molecule has 3 nitrogen and oxygen atoms in total. The lowest BCUT2D eigenvalue weighted by molar-refractivity contribution is 0.255. The molecule has 20 heavy (non-hydrogen) atoms. The fourth-order valence-electron chi connectivity index (χ4n) is 2.76. The third-order valence-corrected chi connectivity index (χ3v) is 3.91. The number of nitrogens with two attached hydrogens (primary N) is 1. The van der Waals surface area contributed by atoms with E-state index >= 15 is 0 Å². The number of nitrogens with zero attached hydrogens (tertiary/aromatic N) is 2. The van der Waals surface area contributed by atoms with Crippen LogP contribution in [0.2, 0.25) is 0 Å². The van der Waals surface area contributed by atoms with Crippen LogP contribution < -0.4 is 5.73 Å². The van der Waals surface area contributed by atoms with Gasteiger partial charge >= 0.3 is 0 Å². The third kappa shape index (κ3) is 2.62. The summed E-state index contributed by atoms with van der Waals surface area (Å²) in [6, 6.07) is 2.13. The minimum atomic E-state index is -0.670. The summed E-state index contributed by atoms with van der Waals surface area (Å²) in [5, 5.41) is 0. The van der Waals surface area contributed by atoms with E-state index in [0.29, 0.717) is 29.8 Å². The van der Waals surface area contributed by atoms with Crippen LogP contribution in [0.3, 0.4) is 0 Å². The van der Waals surface area contributed by atoms with Crippen molar-refractivity contribution in [2.24, 2.45) is 17.8 Å². The molecule has 0 atom stereocenters. The summed E-state index contributed by atoms with van der Waals surface area (Å²) >= 11 is 0. The van der Waals surface area contributed by atoms with Gasteiger partial charge < -0.3 is 10.3 Å². The van der Waals surface area contributed by atoms with Gasteiger partial charge in [-0.25, -0.2) is 13.8 Å². The molecule has 0 radical (unpaired) electrons. The SMILES string of the molecule is CC(C)C(Cn1c(N)nc2c(F)cc(F)cc21)C(C)C. The van der Waals surface area contributed by atoms with Crippen molar-refractivity contribution in [3.05, 3.63) is 23.8 Å². The first-order valence-corrected chi connectivity index (χ1v) is 6.92. The first-order valence-electron chi connectivity index (χ1n) is 6.92. The highest BCUT2D eigenvalue weighted by Gasteiger charge is 2.21. The van der Waals surface area contributed by atoms with E-state index in [9.17, 15) is 8.78 Å². The summed E-state index contributed by atoms with van der Waals surface area (Å²) in [7, 11) is 0. The predicted molar refractivity (Wildman–Crippen MR) is 77.2 cm³/mol. The number of hydrogen-bond acceptors (Lipinski definition) is 2. The molecule has 0 bridgehead atoms. The first-order chi connectivity index (χ1) is 9.31. The molecule has 2 aromatic rings. The van der Waals surface area contributed by atoms with E-state index in [0.717, 1.165) is 6.07 Å². The van der Waals surface area contributed by atoms with Crippen LogP contribution in [-0.4, -0.2) is 9.55 Å². The van der Waals surface area contributed by atoms with Crippen LogP contribution in [0.15, 0.2) is 12.1 Å². The maximum Gasteiger partial charge on any atom is 0.201 e. The van der Waals surface area contributed by atoms with Crippen LogP contribution in [0.1, 0.15) is 27.7 Å². The summed E-state index contributed by atoms with van der Waals surface area (Å²) in [6.45, 7) is 9.17. The molecule has 0 aliphatic rings. The largest absolute Gasteiger partial charge is 0.369 e. The number of nitrogen functional groups attached to an aromatic ring is 1. The van der Waals surface area contributed by atoms with Crippen LogP contribution in [0, 0.1) is 29.4 Å². The van der Waals surface area contributed by atoms with Crippen molar-refractivity contribution >= 4 is 17.0 Å². The summed E-state index contributed by atoms with van der Waals surface area (Å²) in [4.78, 5) is 4.02. The van der Waals surface area contributed by atoms with Crippen LogP contribution in [0.5, 0.6) is 0 Å². The summed E-state index contributed by atoms with van der Waals surface area (Å²) in [5.74, 6) is 0.213. The van der Waals surface area contributed by atoms with Gasteiger partial charge in [0, 0.05) is 18.7 Å². The lowest BCUT2D eigenvalue weighted by atomic mass is 9.85. The summed E-state index contributed by atoms with van der Waals surface area (Å²) < 4.78 is 28.9. The Bertz CT molecular complexity index is 609. The average Bonchev–Trinajstić information content (AvgIpc) is 2.62. The minimum Gasteiger partial charge on any atom is -0.369 e. The van der Waals surface area contributed by atoms with E-state index in [2.05, 4.69) is 32.7 Å². The fraction of sp³-hybridized carbons (Fsp3) is 0.533. The van der Waals surface area contributed by atoms with E-state index in [4.69, 9.17) is 5.73 Å². The molecule has 0 spiro atoms. The van der Waals surface area contributed by atoms with Gasteiger partial charge in [0.25, 0.3) is 0 Å². The molecule has 0 saturated heterocycles. The highest BCUT2D eigenvalue weighted by atomic mass is 19.1. The Labute approximate surface area is 117 Å². The maximum absolute atomic E-state index is 13.7. The molecule has 0 unspecified atom stereocenters. The van der Waals surface area contributed by atoms with Crippen molar-refractivity contribution in [1.29, 1.82) is 0 Å². The molecule has 0 aliphatic carbocycles. The van der Waals surface area contributed by atoms with E-state index < -0.39 is 11.6 Å². The third-order valence-electron chi connectivity index (χ3n) is 3.91. The number of fused-ring (bicyclic) bond motifs is 1. The topological polar surface area (TPSA) is 43.8 Å². The van der Waals surface area contributed by atoms with Gasteiger partial charge in [-0.05, 0) is 17.8 Å². The smallest absolute Gasteiger partial charge is 0.201 e. The Kier molecular flexibility index (Phi) is 3.97. The molecule has 1 aromatic carbocycles. The first kappa shape index (κ1) is 14.8. The number of halogens is 2. The molecule has 110 valence electrons. The molecular weight excluding hydrogens is 260 g/mol. The van der Waals surface area contributed by atoms with Crippen LogP contribution in [-0.2, 0) is 6.54 Å². The normalized spacial score (nSPS) is 12.2. The number of rotatable bonds is 4. The Morgan fingerprint density at radius 2 is 1.75 bits per heavy atom. The molecule has 0 aliphatic heterocycles. The second-order valence-corrected chi connectivity index (χ2v) is 5.99. The van der Waals surface area contributed by atoms with Crippen molar-refractivity contribution in [2.45, 2.75) is 34.2 Å². The molecule has 0 fully saturated rings. The van der Waals surface area contributed by atoms with E-state index in [1.807, 2.05) is 0 Å². The Hall–Kier alpha value is -1.65. The van der Waals surface area contributed by atoms with Gasteiger partial charge in [-0.2, -0.15) is 0 Å². The Morgan fingerprint density at radius 3 is 2.30 bits per heavy atom. The van der Waals surface area contributed by atoms with Gasteiger partial charge in [-0.3, -0.25) is 0 Å². The maximum atomic E-state index is 13.7. The monoisotopic (exact) mass is 281 g/mol. The Morgan fingerprint density at radius 1 is 1.15 bits per heavy atom. The molecule has 1 aromatic heterocycles. The standard InChI is InChI=1S/C15H21F2N3/c1-8(2)11(9(3)4)7-20-13-6-10(16)5-12(17)14(13)19-15(20)18/h5-6,8-9,11H,7H2,1-4H3,(H2,18,19). The number of aromatic nitrogens is 2. The van der Waals surface area contributed by atoms with Crippen molar-refractivity contribution in [3.8, 4) is 0 Å². The van der Waals surface area contributed by atoms with Gasteiger partial charge in [0.05, 0.1) is 5.52 Å². The molecule has 0 saturated carbocycles. The zero-order chi connectivity index (χ0) is 15.0. The van der Waals surface area contributed by atoms with Crippen LogP contribution in [0.25, 0.3) is 11.0 Å². The predicted octanol–water partition coefficient (Wildman–Crippen LogP) is 3.82.